The third-order valence-corrected chi connectivity index (χ3v) is 4.16. The van der Waals surface area contributed by atoms with Crippen LogP contribution < -0.4 is 5.32 Å². The molecule has 1 aromatic rings. The van der Waals surface area contributed by atoms with Crippen LogP contribution in [0.3, 0.4) is 0 Å². The van der Waals surface area contributed by atoms with Crippen molar-refractivity contribution in [2.45, 2.75) is 31.3 Å². The van der Waals surface area contributed by atoms with Crippen LogP contribution >= 0.6 is 12.4 Å². The molecule has 2 atom stereocenters. The van der Waals surface area contributed by atoms with Gasteiger partial charge in [0.1, 0.15) is 0 Å². The minimum absolute atomic E-state index is 0. The number of nitro benzene ring substituents is 1. The second-order valence-electron chi connectivity index (χ2n) is 5.66. The van der Waals surface area contributed by atoms with Gasteiger partial charge < -0.3 is 15.3 Å². The van der Waals surface area contributed by atoms with Gasteiger partial charge in [0, 0.05) is 36.8 Å². The fourth-order valence-electron chi connectivity index (χ4n) is 3.16. The van der Waals surface area contributed by atoms with E-state index >= 15 is 0 Å². The Labute approximate surface area is 133 Å². The number of amides is 1. The second kappa shape index (κ2) is 6.50. The molecule has 2 bridgehead atoms. The molecule has 0 spiro atoms. The van der Waals surface area contributed by atoms with Crippen LogP contribution in [0.25, 0.3) is 0 Å². The topological polar surface area (TPSA) is 95.7 Å². The number of carbonyl (C=O) groups excluding carboxylic acids is 1. The maximum absolute atomic E-state index is 12.5. The van der Waals surface area contributed by atoms with Crippen LogP contribution in [0.2, 0.25) is 0 Å². The summed E-state index contributed by atoms with van der Waals surface area (Å²) in [6, 6.07) is 4.41. The number of halogens is 1. The van der Waals surface area contributed by atoms with E-state index in [1.54, 1.807) is 4.90 Å². The zero-order chi connectivity index (χ0) is 15.0. The van der Waals surface area contributed by atoms with Crippen molar-refractivity contribution in [1.29, 1.82) is 0 Å². The first-order chi connectivity index (χ1) is 10.0. The average molecular weight is 328 g/mol. The van der Waals surface area contributed by atoms with Crippen LogP contribution in [0.1, 0.15) is 29.6 Å². The Balaban J connectivity index is 0.00000176. The Morgan fingerprint density at radius 3 is 2.50 bits per heavy atom. The highest BCUT2D eigenvalue weighted by Crippen LogP contribution is 2.28. The molecule has 120 valence electrons. The van der Waals surface area contributed by atoms with Crippen LogP contribution in [-0.2, 0) is 0 Å². The molecule has 0 aromatic heterocycles. The molecule has 2 heterocycles. The number of nitrogens with zero attached hydrogens (tertiary/aromatic N) is 2. The SMILES string of the molecule is Cl.O=C(c1ccc([N+](=O)[O-])c(O)c1)N1CC2CCCC(C1)N2. The van der Waals surface area contributed by atoms with Crippen molar-refractivity contribution in [3.05, 3.63) is 33.9 Å². The van der Waals surface area contributed by atoms with E-state index in [9.17, 15) is 20.0 Å². The molecule has 2 unspecified atom stereocenters. The summed E-state index contributed by atoms with van der Waals surface area (Å²) in [4.78, 5) is 24.3. The normalized spacial score (nSPS) is 23.5. The number of piperazine rings is 1. The summed E-state index contributed by atoms with van der Waals surface area (Å²) >= 11 is 0. The number of phenolic OH excluding ortho intramolecular Hbond substituents is 1. The molecule has 2 fully saturated rings. The number of piperidine rings is 1. The lowest BCUT2D eigenvalue weighted by Crippen LogP contribution is -2.59. The van der Waals surface area contributed by atoms with Gasteiger partial charge in [0.25, 0.3) is 5.91 Å². The van der Waals surface area contributed by atoms with Crippen LogP contribution in [-0.4, -0.2) is 46.0 Å². The van der Waals surface area contributed by atoms with Gasteiger partial charge in [-0.1, -0.05) is 6.42 Å². The molecule has 2 aliphatic rings. The molecule has 3 rings (SSSR count). The van der Waals surface area contributed by atoms with Crippen molar-refractivity contribution in [1.82, 2.24) is 10.2 Å². The molecule has 1 aromatic carbocycles. The number of aromatic hydroxyl groups is 1. The number of nitro groups is 1. The third-order valence-electron chi connectivity index (χ3n) is 4.16. The largest absolute Gasteiger partial charge is 0.502 e. The molecule has 2 N–H and O–H groups in total. The lowest BCUT2D eigenvalue weighted by atomic mass is 9.94. The van der Waals surface area contributed by atoms with Crippen molar-refractivity contribution in [3.8, 4) is 5.75 Å². The minimum atomic E-state index is -0.668. The average Bonchev–Trinajstić information content (AvgIpc) is 2.45. The van der Waals surface area contributed by atoms with Gasteiger partial charge in [0.05, 0.1) is 4.92 Å². The fourth-order valence-corrected chi connectivity index (χ4v) is 3.16. The van der Waals surface area contributed by atoms with Crippen LogP contribution in [0, 0.1) is 10.1 Å². The zero-order valence-electron chi connectivity index (χ0n) is 11.9. The molecule has 0 aliphatic carbocycles. The number of benzene rings is 1. The highest BCUT2D eigenvalue weighted by molar-refractivity contribution is 5.95. The Bertz CT molecular complexity index is 583. The summed E-state index contributed by atoms with van der Waals surface area (Å²) in [5, 5.41) is 23.8. The minimum Gasteiger partial charge on any atom is -0.502 e. The van der Waals surface area contributed by atoms with Crippen molar-refractivity contribution < 1.29 is 14.8 Å². The number of rotatable bonds is 2. The van der Waals surface area contributed by atoms with E-state index in [0.717, 1.165) is 12.8 Å². The van der Waals surface area contributed by atoms with Crippen molar-refractivity contribution in [3.63, 3.8) is 0 Å². The van der Waals surface area contributed by atoms with Gasteiger partial charge in [-0.15, -0.1) is 12.4 Å². The standard InChI is InChI=1S/C14H17N3O4.ClH/c18-13-6-9(4-5-12(13)17(20)21)14(19)16-7-10-2-1-3-11(8-16)15-10;/h4-6,10-11,15,18H,1-3,7-8H2;1H. The Morgan fingerprint density at radius 1 is 1.32 bits per heavy atom. The Hall–Kier alpha value is -1.86. The summed E-state index contributed by atoms with van der Waals surface area (Å²) in [7, 11) is 0. The second-order valence-corrected chi connectivity index (χ2v) is 5.66. The quantitative estimate of drug-likeness (QED) is 0.636. The van der Waals surface area contributed by atoms with Gasteiger partial charge in [-0.3, -0.25) is 14.9 Å². The summed E-state index contributed by atoms with van der Waals surface area (Å²) in [6.45, 7) is 1.29. The number of fused-ring (bicyclic) bond motifs is 2. The number of hydrogen-bond donors (Lipinski definition) is 2. The van der Waals surface area contributed by atoms with Gasteiger partial charge in [-0.25, -0.2) is 0 Å². The summed E-state index contributed by atoms with van der Waals surface area (Å²) in [5.74, 6) is -0.653. The molecule has 1 amide bonds. The summed E-state index contributed by atoms with van der Waals surface area (Å²) in [5.41, 5.74) is -0.0956. The number of hydrogen-bond acceptors (Lipinski definition) is 5. The molecule has 8 heteroatoms. The zero-order valence-corrected chi connectivity index (χ0v) is 12.7. The van der Waals surface area contributed by atoms with Crippen LogP contribution in [0.4, 0.5) is 5.69 Å². The molecule has 0 radical (unpaired) electrons. The Kier molecular flexibility index (Phi) is 4.87. The maximum Gasteiger partial charge on any atom is 0.310 e. The van der Waals surface area contributed by atoms with Crippen molar-refractivity contribution >= 4 is 24.0 Å². The lowest BCUT2D eigenvalue weighted by Gasteiger charge is -2.42. The lowest BCUT2D eigenvalue weighted by molar-refractivity contribution is -0.385. The van der Waals surface area contributed by atoms with Crippen LogP contribution in [0.5, 0.6) is 5.75 Å². The van der Waals surface area contributed by atoms with Gasteiger partial charge in [0.2, 0.25) is 0 Å². The number of likely N-dealkylation sites (tertiary alicyclic amines) is 1. The number of phenols is 1. The van der Waals surface area contributed by atoms with Gasteiger partial charge in [0.15, 0.2) is 5.75 Å². The molecule has 0 saturated carbocycles. The maximum atomic E-state index is 12.5. The summed E-state index contributed by atoms with van der Waals surface area (Å²) < 4.78 is 0. The number of nitrogens with one attached hydrogen (secondary N) is 1. The third kappa shape index (κ3) is 3.15. The monoisotopic (exact) mass is 327 g/mol. The van der Waals surface area contributed by atoms with E-state index in [0.29, 0.717) is 25.2 Å². The van der Waals surface area contributed by atoms with E-state index < -0.39 is 10.7 Å². The molecule has 2 saturated heterocycles. The predicted molar refractivity (Wildman–Crippen MR) is 82.5 cm³/mol. The molecule has 7 nitrogen and oxygen atoms in total. The molecule has 2 aliphatic heterocycles. The van der Waals surface area contributed by atoms with E-state index in [1.807, 2.05) is 0 Å². The smallest absolute Gasteiger partial charge is 0.310 e. The van der Waals surface area contributed by atoms with Crippen LogP contribution in [0.15, 0.2) is 18.2 Å². The first-order valence-corrected chi connectivity index (χ1v) is 7.07. The van der Waals surface area contributed by atoms with E-state index in [-0.39, 0.29) is 29.6 Å². The predicted octanol–water partition coefficient (Wildman–Crippen LogP) is 1.69. The first kappa shape index (κ1) is 16.5. The van der Waals surface area contributed by atoms with Gasteiger partial charge >= 0.3 is 5.69 Å². The molecular formula is C14H18ClN3O4. The van der Waals surface area contributed by atoms with E-state index in [1.165, 1.54) is 24.6 Å². The highest BCUT2D eigenvalue weighted by atomic mass is 35.5. The van der Waals surface area contributed by atoms with Crippen molar-refractivity contribution in [2.24, 2.45) is 0 Å². The number of carbonyl (C=O) groups is 1. The van der Waals surface area contributed by atoms with E-state index in [2.05, 4.69) is 5.32 Å². The first-order valence-electron chi connectivity index (χ1n) is 7.07. The van der Waals surface area contributed by atoms with Gasteiger partial charge in [-0.2, -0.15) is 0 Å². The fraction of sp³-hybridized carbons (Fsp3) is 0.500. The van der Waals surface area contributed by atoms with E-state index in [4.69, 9.17) is 0 Å². The van der Waals surface area contributed by atoms with Crippen molar-refractivity contribution in [2.75, 3.05) is 13.1 Å². The molecular weight excluding hydrogens is 310 g/mol. The highest BCUT2D eigenvalue weighted by Gasteiger charge is 2.32. The molecule has 22 heavy (non-hydrogen) atoms. The Morgan fingerprint density at radius 2 is 1.95 bits per heavy atom. The van der Waals surface area contributed by atoms with Gasteiger partial charge in [-0.05, 0) is 25.0 Å². The summed E-state index contributed by atoms with van der Waals surface area (Å²) in [6.07, 6.45) is 3.31.